The first-order chi connectivity index (χ1) is 14.1. The van der Waals surface area contributed by atoms with Crippen molar-refractivity contribution in [3.05, 3.63) is 90.3 Å². The van der Waals surface area contributed by atoms with Crippen LogP contribution in [0.4, 0.5) is 14.5 Å². The number of hydrogen-bond donors (Lipinski definition) is 1. The Morgan fingerprint density at radius 2 is 1.76 bits per heavy atom. The van der Waals surface area contributed by atoms with Gasteiger partial charge in [-0.05, 0) is 36.4 Å². The van der Waals surface area contributed by atoms with E-state index in [4.69, 9.17) is 4.74 Å². The molecule has 0 aliphatic rings. The second-order valence-electron chi connectivity index (χ2n) is 6.38. The third-order valence-corrected chi connectivity index (χ3v) is 4.35. The molecule has 0 saturated carbocycles. The molecule has 1 N–H and O–H groups in total. The van der Waals surface area contributed by atoms with Crippen LogP contribution in [0.15, 0.2) is 72.8 Å². The fourth-order valence-corrected chi connectivity index (χ4v) is 3.00. The number of halogens is 2. The van der Waals surface area contributed by atoms with Crippen LogP contribution in [0.2, 0.25) is 0 Å². The summed E-state index contributed by atoms with van der Waals surface area (Å²) in [6.45, 7) is 0.0320. The Kier molecular flexibility index (Phi) is 5.20. The molecule has 0 spiro atoms. The number of nitrogens with zero attached hydrogens (tertiary/aromatic N) is 2. The first kappa shape index (κ1) is 18.6. The third kappa shape index (κ3) is 4.24. The summed E-state index contributed by atoms with van der Waals surface area (Å²) in [5.74, 6) is -0.615. The Morgan fingerprint density at radius 3 is 2.59 bits per heavy atom. The molecule has 4 aromatic rings. The molecule has 0 saturated heterocycles. The van der Waals surface area contributed by atoms with Crippen LogP contribution in [0.1, 0.15) is 5.82 Å². The first-order valence-corrected chi connectivity index (χ1v) is 8.97. The fraction of sp³-hybridized carbons (Fsp3) is 0.0909. The Balaban J connectivity index is 1.58. The molecular formula is C22H17F2N3O2. The Labute approximate surface area is 165 Å². The van der Waals surface area contributed by atoms with Crippen LogP contribution in [-0.2, 0) is 17.9 Å². The number of rotatable bonds is 6. The number of anilines is 1. The average molecular weight is 393 g/mol. The molecule has 0 bridgehead atoms. The Bertz CT molecular complexity index is 1160. The smallest absolute Gasteiger partial charge is 0.244 e. The molecule has 0 unspecified atom stereocenters. The van der Waals surface area contributed by atoms with Crippen LogP contribution >= 0.6 is 0 Å². The highest BCUT2D eigenvalue weighted by Gasteiger charge is 2.15. The molecule has 1 aromatic heterocycles. The molecule has 0 radical (unpaired) electrons. The number of imidazole rings is 1. The minimum atomic E-state index is -0.706. The lowest BCUT2D eigenvalue weighted by atomic mass is 10.3. The molecule has 0 aliphatic carbocycles. The van der Waals surface area contributed by atoms with Crippen molar-refractivity contribution in [2.24, 2.45) is 0 Å². The van der Waals surface area contributed by atoms with Crippen LogP contribution in [0, 0.1) is 11.6 Å². The molecule has 0 fully saturated rings. The largest absolute Gasteiger partial charge is 0.486 e. The zero-order valence-corrected chi connectivity index (χ0v) is 15.3. The standard InChI is InChI=1S/C22H17F2N3O2/c23-15-10-11-17(24)19(12-15)26-22(28)13-27-20-9-5-4-8-18(20)25-21(27)14-29-16-6-2-1-3-7-16/h1-12H,13-14H2,(H,26,28). The van der Waals surface area contributed by atoms with E-state index in [9.17, 15) is 13.6 Å². The predicted octanol–water partition coefficient (Wildman–Crippen LogP) is 4.53. The van der Waals surface area contributed by atoms with E-state index < -0.39 is 17.5 Å². The van der Waals surface area contributed by atoms with Crippen LogP contribution in [-0.4, -0.2) is 15.5 Å². The van der Waals surface area contributed by atoms with Crippen molar-refractivity contribution in [1.82, 2.24) is 9.55 Å². The van der Waals surface area contributed by atoms with E-state index >= 15 is 0 Å². The number of benzene rings is 3. The third-order valence-electron chi connectivity index (χ3n) is 4.35. The second kappa shape index (κ2) is 8.10. The van der Waals surface area contributed by atoms with Gasteiger partial charge in [0.15, 0.2) is 0 Å². The summed E-state index contributed by atoms with van der Waals surface area (Å²) in [5.41, 5.74) is 1.25. The summed E-state index contributed by atoms with van der Waals surface area (Å²) < 4.78 is 34.7. The maximum atomic E-state index is 13.8. The number of aromatic nitrogens is 2. The zero-order valence-electron chi connectivity index (χ0n) is 15.3. The molecule has 3 aromatic carbocycles. The van der Waals surface area contributed by atoms with Crippen LogP contribution in [0.3, 0.4) is 0 Å². The van der Waals surface area contributed by atoms with Gasteiger partial charge in [0.2, 0.25) is 5.91 Å². The van der Waals surface area contributed by atoms with Crippen LogP contribution in [0.5, 0.6) is 5.75 Å². The summed E-state index contributed by atoms with van der Waals surface area (Å²) in [6.07, 6.45) is 0. The number of amides is 1. The number of nitrogens with one attached hydrogen (secondary N) is 1. The number of carbonyl (C=O) groups excluding carboxylic acids is 1. The molecule has 29 heavy (non-hydrogen) atoms. The topological polar surface area (TPSA) is 56.2 Å². The molecule has 146 valence electrons. The van der Waals surface area contributed by atoms with Gasteiger partial charge in [-0.1, -0.05) is 30.3 Å². The number of fused-ring (bicyclic) bond motifs is 1. The van der Waals surface area contributed by atoms with Crippen molar-refractivity contribution in [2.45, 2.75) is 13.2 Å². The van der Waals surface area contributed by atoms with E-state index in [-0.39, 0.29) is 18.8 Å². The van der Waals surface area contributed by atoms with E-state index in [0.717, 1.165) is 23.7 Å². The zero-order chi connectivity index (χ0) is 20.2. The van der Waals surface area contributed by atoms with Gasteiger partial charge in [0.05, 0.1) is 16.7 Å². The molecule has 4 rings (SSSR count). The highest BCUT2D eigenvalue weighted by atomic mass is 19.1. The first-order valence-electron chi connectivity index (χ1n) is 8.97. The summed E-state index contributed by atoms with van der Waals surface area (Å²) in [5, 5.41) is 2.41. The maximum Gasteiger partial charge on any atom is 0.244 e. The lowest BCUT2D eigenvalue weighted by Gasteiger charge is -2.11. The normalized spacial score (nSPS) is 10.8. The Morgan fingerprint density at radius 1 is 1.00 bits per heavy atom. The van der Waals surface area contributed by atoms with Crippen LogP contribution < -0.4 is 10.1 Å². The number of para-hydroxylation sites is 3. The van der Waals surface area contributed by atoms with Crippen LogP contribution in [0.25, 0.3) is 11.0 Å². The van der Waals surface area contributed by atoms with Gasteiger partial charge in [0.25, 0.3) is 0 Å². The van der Waals surface area contributed by atoms with E-state index in [1.54, 1.807) is 4.57 Å². The Hall–Kier alpha value is -3.74. The quantitative estimate of drug-likeness (QED) is 0.524. The van der Waals surface area contributed by atoms with Gasteiger partial charge < -0.3 is 14.6 Å². The van der Waals surface area contributed by atoms with Crippen molar-refractivity contribution >= 4 is 22.6 Å². The molecular weight excluding hydrogens is 376 g/mol. The van der Waals surface area contributed by atoms with Gasteiger partial charge in [-0.15, -0.1) is 0 Å². The lowest BCUT2D eigenvalue weighted by molar-refractivity contribution is -0.116. The number of ether oxygens (including phenoxy) is 1. The van der Waals surface area contributed by atoms with Crippen molar-refractivity contribution in [3.8, 4) is 5.75 Å². The van der Waals surface area contributed by atoms with Gasteiger partial charge in [-0.25, -0.2) is 13.8 Å². The van der Waals surface area contributed by atoms with Gasteiger partial charge in [-0.2, -0.15) is 0 Å². The van der Waals surface area contributed by atoms with Crippen molar-refractivity contribution < 1.29 is 18.3 Å². The maximum absolute atomic E-state index is 13.8. The van der Waals surface area contributed by atoms with Crippen molar-refractivity contribution in [1.29, 1.82) is 0 Å². The minimum absolute atomic E-state index is 0.121. The molecule has 0 aliphatic heterocycles. The predicted molar refractivity (Wildman–Crippen MR) is 105 cm³/mol. The second-order valence-corrected chi connectivity index (χ2v) is 6.38. The molecule has 1 heterocycles. The van der Waals surface area contributed by atoms with Gasteiger partial charge in [0, 0.05) is 6.07 Å². The SMILES string of the molecule is O=C(Cn1c(COc2ccccc2)nc2ccccc21)Nc1cc(F)ccc1F. The average Bonchev–Trinajstić information content (AvgIpc) is 3.07. The van der Waals surface area contributed by atoms with E-state index in [1.165, 1.54) is 0 Å². The van der Waals surface area contributed by atoms with E-state index in [0.29, 0.717) is 17.1 Å². The summed E-state index contributed by atoms with van der Waals surface area (Å²) in [4.78, 5) is 17.1. The number of carbonyl (C=O) groups is 1. The summed E-state index contributed by atoms with van der Waals surface area (Å²) in [7, 11) is 0. The van der Waals surface area contributed by atoms with Crippen molar-refractivity contribution in [2.75, 3.05) is 5.32 Å². The molecule has 1 amide bonds. The molecule has 5 nitrogen and oxygen atoms in total. The van der Waals surface area contributed by atoms with Gasteiger partial charge >= 0.3 is 0 Å². The molecule has 0 atom stereocenters. The number of hydrogen-bond acceptors (Lipinski definition) is 3. The lowest BCUT2D eigenvalue weighted by Crippen LogP contribution is -2.21. The summed E-state index contributed by atoms with van der Waals surface area (Å²) >= 11 is 0. The highest BCUT2D eigenvalue weighted by molar-refractivity contribution is 5.91. The van der Waals surface area contributed by atoms with Crippen molar-refractivity contribution in [3.63, 3.8) is 0 Å². The van der Waals surface area contributed by atoms with Gasteiger partial charge in [-0.3, -0.25) is 4.79 Å². The molecule has 7 heteroatoms. The van der Waals surface area contributed by atoms with E-state index in [2.05, 4.69) is 10.3 Å². The monoisotopic (exact) mass is 393 g/mol. The van der Waals surface area contributed by atoms with E-state index in [1.807, 2.05) is 54.6 Å². The van der Waals surface area contributed by atoms with Gasteiger partial charge in [0.1, 0.15) is 36.4 Å². The highest BCUT2D eigenvalue weighted by Crippen LogP contribution is 2.20. The minimum Gasteiger partial charge on any atom is -0.486 e. The fourth-order valence-electron chi connectivity index (χ4n) is 3.00. The summed E-state index contributed by atoms with van der Waals surface area (Å²) in [6, 6.07) is 19.5.